The number of aromatic nitrogens is 2. The molecule has 24 heavy (non-hydrogen) atoms. The SMILES string of the molecule is CN(C)c1ncc(CN2CCN(Cc3ccc(Cl)cc3)CC2)cn1. The Labute approximate surface area is 148 Å². The highest BCUT2D eigenvalue weighted by Gasteiger charge is 2.17. The van der Waals surface area contributed by atoms with Crippen molar-refractivity contribution in [3.63, 3.8) is 0 Å². The first kappa shape index (κ1) is 17.1. The molecule has 1 fully saturated rings. The average molecular weight is 346 g/mol. The second-order valence-corrected chi connectivity index (χ2v) is 6.90. The van der Waals surface area contributed by atoms with Crippen LogP contribution in [0.1, 0.15) is 11.1 Å². The van der Waals surface area contributed by atoms with Crippen molar-refractivity contribution in [2.45, 2.75) is 13.1 Å². The minimum Gasteiger partial charge on any atom is -0.347 e. The van der Waals surface area contributed by atoms with Gasteiger partial charge in [0.2, 0.25) is 5.95 Å². The molecule has 1 aliphatic heterocycles. The zero-order valence-electron chi connectivity index (χ0n) is 14.3. The van der Waals surface area contributed by atoms with Crippen molar-refractivity contribution in [1.29, 1.82) is 0 Å². The normalized spacial score (nSPS) is 16.3. The van der Waals surface area contributed by atoms with E-state index in [2.05, 4.69) is 31.9 Å². The topological polar surface area (TPSA) is 35.5 Å². The van der Waals surface area contributed by atoms with Crippen LogP contribution in [0.25, 0.3) is 0 Å². The number of benzene rings is 1. The fourth-order valence-electron chi connectivity index (χ4n) is 2.87. The van der Waals surface area contributed by atoms with Crippen molar-refractivity contribution >= 4 is 17.5 Å². The summed E-state index contributed by atoms with van der Waals surface area (Å²) in [6, 6.07) is 8.14. The second-order valence-electron chi connectivity index (χ2n) is 6.46. The Hall–Kier alpha value is -1.69. The van der Waals surface area contributed by atoms with E-state index in [0.717, 1.165) is 50.2 Å². The predicted octanol–water partition coefficient (Wildman–Crippen LogP) is 2.51. The van der Waals surface area contributed by atoms with Gasteiger partial charge in [-0.15, -0.1) is 0 Å². The summed E-state index contributed by atoms with van der Waals surface area (Å²) < 4.78 is 0. The Morgan fingerprint density at radius 3 is 1.88 bits per heavy atom. The predicted molar refractivity (Wildman–Crippen MR) is 98.4 cm³/mol. The van der Waals surface area contributed by atoms with Crippen LogP contribution < -0.4 is 4.90 Å². The Bertz CT molecular complexity index is 633. The van der Waals surface area contributed by atoms with Gasteiger partial charge < -0.3 is 4.90 Å². The van der Waals surface area contributed by atoms with Crippen LogP contribution in [-0.2, 0) is 13.1 Å². The minimum atomic E-state index is 0.756. The molecule has 0 bridgehead atoms. The lowest BCUT2D eigenvalue weighted by Gasteiger charge is -2.34. The molecule has 3 rings (SSSR count). The Morgan fingerprint density at radius 2 is 1.38 bits per heavy atom. The molecule has 0 radical (unpaired) electrons. The smallest absolute Gasteiger partial charge is 0.224 e. The summed E-state index contributed by atoms with van der Waals surface area (Å²) in [6.07, 6.45) is 3.87. The lowest BCUT2D eigenvalue weighted by atomic mass is 10.2. The van der Waals surface area contributed by atoms with Gasteiger partial charge in [0.25, 0.3) is 0 Å². The number of piperazine rings is 1. The largest absolute Gasteiger partial charge is 0.347 e. The van der Waals surface area contributed by atoms with Crippen molar-refractivity contribution < 1.29 is 0 Å². The highest BCUT2D eigenvalue weighted by Crippen LogP contribution is 2.14. The number of halogens is 1. The highest BCUT2D eigenvalue weighted by molar-refractivity contribution is 6.30. The van der Waals surface area contributed by atoms with Crippen LogP contribution in [0.4, 0.5) is 5.95 Å². The van der Waals surface area contributed by atoms with Gasteiger partial charge in [0, 0.05) is 76.3 Å². The lowest BCUT2D eigenvalue weighted by Crippen LogP contribution is -2.45. The molecule has 5 nitrogen and oxygen atoms in total. The fourth-order valence-corrected chi connectivity index (χ4v) is 3.00. The van der Waals surface area contributed by atoms with E-state index in [1.165, 1.54) is 11.1 Å². The monoisotopic (exact) mass is 345 g/mol. The van der Waals surface area contributed by atoms with Gasteiger partial charge in [-0.2, -0.15) is 0 Å². The summed E-state index contributed by atoms with van der Waals surface area (Å²) in [5.41, 5.74) is 2.49. The molecule has 1 aliphatic rings. The molecule has 0 saturated carbocycles. The summed E-state index contributed by atoms with van der Waals surface area (Å²) >= 11 is 5.94. The highest BCUT2D eigenvalue weighted by atomic mass is 35.5. The van der Waals surface area contributed by atoms with Crippen molar-refractivity contribution in [1.82, 2.24) is 19.8 Å². The Balaban J connectivity index is 1.47. The van der Waals surface area contributed by atoms with E-state index in [1.54, 1.807) is 0 Å². The molecule has 6 heteroatoms. The third-order valence-electron chi connectivity index (χ3n) is 4.28. The molecule has 0 N–H and O–H groups in total. The molecular weight excluding hydrogens is 322 g/mol. The molecule has 2 heterocycles. The molecule has 0 spiro atoms. The molecule has 1 aromatic heterocycles. The maximum atomic E-state index is 5.94. The van der Waals surface area contributed by atoms with E-state index < -0.39 is 0 Å². The van der Waals surface area contributed by atoms with Gasteiger partial charge in [-0.1, -0.05) is 23.7 Å². The first-order valence-electron chi connectivity index (χ1n) is 8.27. The molecule has 0 amide bonds. The molecule has 0 atom stereocenters. The number of rotatable bonds is 5. The summed E-state index contributed by atoms with van der Waals surface area (Å²) in [5.74, 6) is 0.756. The van der Waals surface area contributed by atoms with E-state index in [9.17, 15) is 0 Å². The molecule has 128 valence electrons. The van der Waals surface area contributed by atoms with E-state index in [4.69, 9.17) is 11.6 Å². The van der Waals surface area contributed by atoms with Crippen LogP contribution in [0.3, 0.4) is 0 Å². The van der Waals surface area contributed by atoms with Crippen LogP contribution in [-0.4, -0.2) is 60.0 Å². The van der Waals surface area contributed by atoms with E-state index >= 15 is 0 Å². The summed E-state index contributed by atoms with van der Waals surface area (Å²) in [4.78, 5) is 15.6. The van der Waals surface area contributed by atoms with Crippen molar-refractivity contribution in [3.8, 4) is 0 Å². The van der Waals surface area contributed by atoms with Gasteiger partial charge in [0.1, 0.15) is 0 Å². The molecule has 0 unspecified atom stereocenters. The van der Waals surface area contributed by atoms with Crippen molar-refractivity contribution in [3.05, 3.63) is 52.8 Å². The minimum absolute atomic E-state index is 0.756. The zero-order chi connectivity index (χ0) is 16.9. The quantitative estimate of drug-likeness (QED) is 0.832. The maximum Gasteiger partial charge on any atom is 0.224 e. The summed E-state index contributed by atoms with van der Waals surface area (Å²) in [5, 5.41) is 0.797. The molecule has 1 aromatic carbocycles. The van der Waals surface area contributed by atoms with Crippen molar-refractivity contribution in [2.24, 2.45) is 0 Å². The molecule has 0 aliphatic carbocycles. The summed E-state index contributed by atoms with van der Waals surface area (Å²) in [7, 11) is 3.91. The first-order chi connectivity index (χ1) is 11.6. The van der Waals surface area contributed by atoms with E-state index in [1.807, 2.05) is 43.5 Å². The fraction of sp³-hybridized carbons (Fsp3) is 0.444. The van der Waals surface area contributed by atoms with Crippen LogP contribution in [0.15, 0.2) is 36.7 Å². The standard InChI is InChI=1S/C18H24ClN5/c1-22(2)18-20-11-16(12-21-18)14-24-9-7-23(8-10-24)13-15-3-5-17(19)6-4-15/h3-6,11-12H,7-10,13-14H2,1-2H3. The maximum absolute atomic E-state index is 5.94. The van der Waals surface area contributed by atoms with Crippen LogP contribution >= 0.6 is 11.6 Å². The Kier molecular flexibility index (Phi) is 5.66. The van der Waals surface area contributed by atoms with Gasteiger partial charge in [-0.25, -0.2) is 9.97 Å². The third-order valence-corrected chi connectivity index (χ3v) is 4.53. The van der Waals surface area contributed by atoms with Gasteiger partial charge in [0.05, 0.1) is 0 Å². The van der Waals surface area contributed by atoms with Gasteiger partial charge >= 0.3 is 0 Å². The number of nitrogens with zero attached hydrogens (tertiary/aromatic N) is 5. The zero-order valence-corrected chi connectivity index (χ0v) is 15.1. The Morgan fingerprint density at radius 1 is 0.875 bits per heavy atom. The number of anilines is 1. The van der Waals surface area contributed by atoms with Gasteiger partial charge in [-0.3, -0.25) is 9.80 Å². The van der Waals surface area contributed by atoms with Crippen LogP contribution in [0.2, 0.25) is 5.02 Å². The molecular formula is C18H24ClN5. The van der Waals surface area contributed by atoms with Crippen molar-refractivity contribution in [2.75, 3.05) is 45.2 Å². The first-order valence-corrected chi connectivity index (χ1v) is 8.65. The van der Waals surface area contributed by atoms with E-state index in [0.29, 0.717) is 0 Å². The van der Waals surface area contributed by atoms with Gasteiger partial charge in [0.15, 0.2) is 0 Å². The van der Waals surface area contributed by atoms with E-state index in [-0.39, 0.29) is 0 Å². The van der Waals surface area contributed by atoms with Crippen LogP contribution in [0, 0.1) is 0 Å². The third kappa shape index (κ3) is 4.66. The number of hydrogen-bond donors (Lipinski definition) is 0. The lowest BCUT2D eigenvalue weighted by molar-refractivity contribution is 0.122. The average Bonchev–Trinajstić information content (AvgIpc) is 2.59. The van der Waals surface area contributed by atoms with Crippen LogP contribution in [0.5, 0.6) is 0 Å². The number of hydrogen-bond acceptors (Lipinski definition) is 5. The second kappa shape index (κ2) is 7.92. The molecule has 1 saturated heterocycles. The van der Waals surface area contributed by atoms with Gasteiger partial charge in [-0.05, 0) is 17.7 Å². The summed E-state index contributed by atoms with van der Waals surface area (Å²) in [6.45, 7) is 6.22. The molecule has 2 aromatic rings.